The number of piperidine rings is 1. The van der Waals surface area contributed by atoms with E-state index in [1.807, 2.05) is 29.2 Å². The van der Waals surface area contributed by atoms with Crippen LogP contribution in [0.4, 0.5) is 0 Å². The minimum atomic E-state index is 0.251. The molecule has 3 heteroatoms. The number of hydrogen-bond acceptors (Lipinski definition) is 2. The first-order valence-corrected chi connectivity index (χ1v) is 7.06. The highest BCUT2D eigenvalue weighted by molar-refractivity contribution is 7.80. The van der Waals surface area contributed by atoms with Crippen LogP contribution in [0.25, 0.3) is 0 Å². The van der Waals surface area contributed by atoms with Crippen LogP contribution in [0.3, 0.4) is 0 Å². The fourth-order valence-electron chi connectivity index (χ4n) is 2.39. The molecule has 1 heterocycles. The quantitative estimate of drug-likeness (QED) is 0.813. The zero-order chi connectivity index (χ0) is 13.1. The molecule has 0 saturated carbocycles. The van der Waals surface area contributed by atoms with Crippen molar-refractivity contribution >= 4 is 18.5 Å². The normalized spacial score (nSPS) is 24.1. The lowest BCUT2D eigenvalue weighted by Crippen LogP contribution is -2.42. The topological polar surface area (TPSA) is 20.3 Å². The van der Waals surface area contributed by atoms with Crippen LogP contribution in [0.15, 0.2) is 29.2 Å². The second kappa shape index (κ2) is 5.79. The van der Waals surface area contributed by atoms with Crippen LogP contribution in [0.1, 0.15) is 25.8 Å². The Labute approximate surface area is 115 Å². The molecule has 1 aromatic rings. The summed E-state index contributed by atoms with van der Waals surface area (Å²) < 4.78 is 0. The molecule has 1 aliphatic heterocycles. The Morgan fingerprint density at radius 3 is 2.56 bits per heavy atom. The van der Waals surface area contributed by atoms with Crippen molar-refractivity contribution in [3.63, 3.8) is 0 Å². The van der Waals surface area contributed by atoms with Gasteiger partial charge in [-0.25, -0.2) is 0 Å². The van der Waals surface area contributed by atoms with Crippen molar-refractivity contribution < 1.29 is 4.79 Å². The number of thiol groups is 1. The van der Waals surface area contributed by atoms with Crippen molar-refractivity contribution in [1.29, 1.82) is 0 Å². The first-order valence-electron chi connectivity index (χ1n) is 6.62. The summed E-state index contributed by atoms with van der Waals surface area (Å²) in [6, 6.07) is 7.84. The second-order valence-electron chi connectivity index (χ2n) is 5.43. The van der Waals surface area contributed by atoms with Crippen molar-refractivity contribution in [3.05, 3.63) is 29.8 Å². The van der Waals surface area contributed by atoms with Crippen LogP contribution in [0.2, 0.25) is 0 Å². The van der Waals surface area contributed by atoms with Gasteiger partial charge >= 0.3 is 0 Å². The molecule has 0 N–H and O–H groups in total. The molecule has 2 atom stereocenters. The molecule has 0 aliphatic carbocycles. The Kier molecular flexibility index (Phi) is 4.33. The summed E-state index contributed by atoms with van der Waals surface area (Å²) in [7, 11) is 0. The van der Waals surface area contributed by atoms with E-state index in [4.69, 9.17) is 0 Å². The van der Waals surface area contributed by atoms with Crippen molar-refractivity contribution in [3.8, 4) is 0 Å². The maximum Gasteiger partial charge on any atom is 0.226 e. The Hall–Kier alpha value is -0.960. The molecular formula is C15H21NOS. The average molecular weight is 263 g/mol. The van der Waals surface area contributed by atoms with Crippen LogP contribution >= 0.6 is 12.6 Å². The molecule has 1 fully saturated rings. The number of carbonyl (C=O) groups is 1. The fourth-order valence-corrected chi connectivity index (χ4v) is 2.54. The maximum atomic E-state index is 12.2. The zero-order valence-electron chi connectivity index (χ0n) is 11.1. The van der Waals surface area contributed by atoms with Gasteiger partial charge in [0.05, 0.1) is 6.42 Å². The molecule has 0 bridgehead atoms. The lowest BCUT2D eigenvalue weighted by Gasteiger charge is -2.35. The first-order chi connectivity index (χ1) is 8.56. The summed E-state index contributed by atoms with van der Waals surface area (Å²) in [5.74, 6) is 1.60. The molecule has 1 aromatic carbocycles. The number of amides is 1. The Balaban J connectivity index is 1.94. The second-order valence-corrected chi connectivity index (χ2v) is 5.94. The Morgan fingerprint density at radius 1 is 1.28 bits per heavy atom. The summed E-state index contributed by atoms with van der Waals surface area (Å²) in [6.45, 7) is 6.33. The molecule has 1 aliphatic rings. The van der Waals surface area contributed by atoms with E-state index in [1.54, 1.807) is 0 Å². The highest BCUT2D eigenvalue weighted by Gasteiger charge is 2.25. The van der Waals surface area contributed by atoms with E-state index in [9.17, 15) is 4.79 Å². The number of hydrogen-bond donors (Lipinski definition) is 1. The van der Waals surface area contributed by atoms with Crippen LogP contribution in [-0.4, -0.2) is 23.9 Å². The van der Waals surface area contributed by atoms with Crippen molar-refractivity contribution in [2.75, 3.05) is 13.1 Å². The van der Waals surface area contributed by atoms with Crippen molar-refractivity contribution in [2.24, 2.45) is 11.8 Å². The zero-order valence-corrected chi connectivity index (χ0v) is 12.0. The molecule has 2 rings (SSSR count). The van der Waals surface area contributed by atoms with Crippen molar-refractivity contribution in [1.82, 2.24) is 4.90 Å². The van der Waals surface area contributed by atoms with E-state index in [-0.39, 0.29) is 5.91 Å². The van der Waals surface area contributed by atoms with E-state index >= 15 is 0 Å². The van der Waals surface area contributed by atoms with Crippen LogP contribution in [0, 0.1) is 11.8 Å². The largest absolute Gasteiger partial charge is 0.342 e. The van der Waals surface area contributed by atoms with Gasteiger partial charge in [-0.05, 0) is 36.0 Å². The third-order valence-electron chi connectivity index (χ3n) is 3.98. The molecule has 1 saturated heterocycles. The maximum absolute atomic E-state index is 12.2. The predicted molar refractivity (Wildman–Crippen MR) is 76.9 cm³/mol. The lowest BCUT2D eigenvalue weighted by molar-refractivity contribution is -0.132. The number of nitrogens with zero attached hydrogens (tertiary/aromatic N) is 1. The van der Waals surface area contributed by atoms with Crippen molar-refractivity contribution in [2.45, 2.75) is 31.6 Å². The first kappa shape index (κ1) is 13.5. The van der Waals surface area contributed by atoms with E-state index in [0.717, 1.165) is 35.9 Å². The van der Waals surface area contributed by atoms with Crippen LogP contribution < -0.4 is 0 Å². The molecular weight excluding hydrogens is 242 g/mol. The summed E-state index contributed by atoms with van der Waals surface area (Å²) >= 11 is 4.25. The Bertz CT molecular complexity index is 415. The summed E-state index contributed by atoms with van der Waals surface area (Å²) in [6.07, 6.45) is 1.64. The SMILES string of the molecule is CC1CCN(C(=O)Cc2ccc(S)cc2)CC1C. The number of likely N-dealkylation sites (tertiary alicyclic amines) is 1. The van der Waals surface area contributed by atoms with Gasteiger partial charge in [0.25, 0.3) is 0 Å². The van der Waals surface area contributed by atoms with E-state index in [1.165, 1.54) is 0 Å². The molecule has 2 unspecified atom stereocenters. The lowest BCUT2D eigenvalue weighted by atomic mass is 9.88. The van der Waals surface area contributed by atoms with Gasteiger partial charge in [-0.15, -0.1) is 12.6 Å². The van der Waals surface area contributed by atoms with Crippen LogP contribution in [0.5, 0.6) is 0 Å². The summed E-state index contributed by atoms with van der Waals surface area (Å²) in [5, 5.41) is 0. The summed E-state index contributed by atoms with van der Waals surface area (Å²) in [4.78, 5) is 15.2. The third kappa shape index (κ3) is 3.29. The molecule has 1 amide bonds. The van der Waals surface area contributed by atoms with E-state index < -0.39 is 0 Å². The monoisotopic (exact) mass is 263 g/mol. The minimum Gasteiger partial charge on any atom is -0.342 e. The van der Waals surface area contributed by atoms with Gasteiger partial charge in [0.2, 0.25) is 5.91 Å². The van der Waals surface area contributed by atoms with Gasteiger partial charge < -0.3 is 4.90 Å². The average Bonchev–Trinajstić information content (AvgIpc) is 2.35. The predicted octanol–water partition coefficient (Wildman–Crippen LogP) is 3.02. The number of rotatable bonds is 2. The van der Waals surface area contributed by atoms with E-state index in [0.29, 0.717) is 12.3 Å². The smallest absolute Gasteiger partial charge is 0.226 e. The third-order valence-corrected chi connectivity index (χ3v) is 4.28. The minimum absolute atomic E-state index is 0.251. The van der Waals surface area contributed by atoms with Gasteiger partial charge in [-0.2, -0.15) is 0 Å². The van der Waals surface area contributed by atoms with Gasteiger partial charge in [-0.1, -0.05) is 26.0 Å². The fraction of sp³-hybridized carbons (Fsp3) is 0.533. The van der Waals surface area contributed by atoms with Gasteiger partial charge in [0.1, 0.15) is 0 Å². The van der Waals surface area contributed by atoms with Gasteiger partial charge in [0.15, 0.2) is 0 Å². The highest BCUT2D eigenvalue weighted by Crippen LogP contribution is 2.23. The molecule has 2 nitrogen and oxygen atoms in total. The summed E-state index contributed by atoms with van der Waals surface area (Å²) in [5.41, 5.74) is 1.07. The Morgan fingerprint density at radius 2 is 1.94 bits per heavy atom. The molecule has 0 aromatic heterocycles. The molecule has 18 heavy (non-hydrogen) atoms. The highest BCUT2D eigenvalue weighted by atomic mass is 32.1. The number of carbonyl (C=O) groups excluding carboxylic acids is 1. The molecule has 98 valence electrons. The van der Waals surface area contributed by atoms with Crippen LogP contribution in [-0.2, 0) is 11.2 Å². The van der Waals surface area contributed by atoms with E-state index in [2.05, 4.69) is 26.5 Å². The molecule has 0 spiro atoms. The van der Waals surface area contributed by atoms with Gasteiger partial charge in [0, 0.05) is 18.0 Å². The number of benzene rings is 1. The standard InChI is InChI=1S/C15H21NOS/c1-11-7-8-16(10-12(11)2)15(17)9-13-3-5-14(18)6-4-13/h3-6,11-12,18H,7-10H2,1-2H3. The van der Waals surface area contributed by atoms with Gasteiger partial charge in [-0.3, -0.25) is 4.79 Å². The molecule has 0 radical (unpaired) electrons.